The fraction of sp³-hybridized carbons (Fsp3) is 0.125. The van der Waals surface area contributed by atoms with Crippen LogP contribution in [-0.4, -0.2) is 11.7 Å². The predicted octanol–water partition coefficient (Wildman–Crippen LogP) is 2.38. The fourth-order valence-electron chi connectivity index (χ4n) is 0.788. The van der Waals surface area contributed by atoms with Gasteiger partial charge in [0, 0.05) is 28.4 Å². The monoisotopic (exact) mass is 297 g/mol. The molecule has 1 aromatic carbocycles. The van der Waals surface area contributed by atoms with E-state index in [1.54, 1.807) is 0 Å². The zero-order valence-electron chi connectivity index (χ0n) is 6.28. The third-order valence-electron chi connectivity index (χ3n) is 1.35. The molecule has 0 amide bonds. The minimum atomic E-state index is -0.874. The Morgan fingerprint density at radius 2 is 2.00 bits per heavy atom. The third-order valence-corrected chi connectivity index (χ3v) is 1.60. The number of carbonyl (C=O) groups excluding carboxylic acids is 1. The second-order valence-electron chi connectivity index (χ2n) is 2.18. The molecule has 1 nitrogen and oxygen atoms in total. The minimum Gasteiger partial charge on any atom is -0.293 e. The Kier molecular flexibility index (Phi) is 5.40. The normalized spacial score (nSPS) is 9.15. The van der Waals surface area contributed by atoms with Crippen molar-refractivity contribution in [3.05, 3.63) is 35.4 Å². The van der Waals surface area contributed by atoms with Gasteiger partial charge < -0.3 is 0 Å². The van der Waals surface area contributed by atoms with Crippen LogP contribution in [0.25, 0.3) is 0 Å². The maximum Gasteiger partial charge on any atom is 0.180 e. The zero-order valence-corrected chi connectivity index (χ0v) is 8.52. The van der Waals surface area contributed by atoms with Gasteiger partial charge in [-0.3, -0.25) is 4.79 Å². The van der Waals surface area contributed by atoms with Crippen LogP contribution >= 0.6 is 11.6 Å². The topological polar surface area (TPSA) is 17.1 Å². The van der Waals surface area contributed by atoms with E-state index in [-0.39, 0.29) is 33.8 Å². The van der Waals surface area contributed by atoms with Gasteiger partial charge in [0.05, 0.1) is 11.4 Å². The van der Waals surface area contributed by atoms with Crippen molar-refractivity contribution in [2.75, 3.05) is 5.88 Å². The van der Waals surface area contributed by atoms with E-state index in [2.05, 4.69) is 0 Å². The van der Waals surface area contributed by atoms with Gasteiger partial charge in [-0.15, -0.1) is 11.6 Å². The summed E-state index contributed by atoms with van der Waals surface area (Å²) in [6.07, 6.45) is 0. The Labute approximate surface area is 94.6 Å². The standard InChI is InChI=1S/C8H5ClF2O.Ag/c9-4-8(12)6-2-1-5(10)3-7(6)11;/h1-3H,4H2;. The average molecular weight is 298 g/mol. The van der Waals surface area contributed by atoms with Crippen molar-refractivity contribution < 1.29 is 36.0 Å². The first kappa shape index (κ1) is 12.8. The van der Waals surface area contributed by atoms with Crippen molar-refractivity contribution in [1.82, 2.24) is 0 Å². The van der Waals surface area contributed by atoms with E-state index in [1.807, 2.05) is 0 Å². The van der Waals surface area contributed by atoms with E-state index in [0.29, 0.717) is 6.07 Å². The second kappa shape index (κ2) is 5.50. The molecule has 75 valence electrons. The van der Waals surface area contributed by atoms with Gasteiger partial charge >= 0.3 is 0 Å². The number of benzene rings is 1. The van der Waals surface area contributed by atoms with Crippen molar-refractivity contribution in [2.45, 2.75) is 0 Å². The molecule has 1 aromatic rings. The Morgan fingerprint density at radius 3 is 2.46 bits per heavy atom. The van der Waals surface area contributed by atoms with E-state index in [1.165, 1.54) is 0 Å². The molecule has 0 fully saturated rings. The van der Waals surface area contributed by atoms with Gasteiger partial charge in [-0.25, -0.2) is 8.78 Å². The van der Waals surface area contributed by atoms with Gasteiger partial charge in [-0.2, -0.15) is 0 Å². The number of Topliss-reactive ketones (excluding diaryl/α,β-unsaturated/α-hetero) is 1. The van der Waals surface area contributed by atoms with Crippen LogP contribution in [-0.2, 0) is 22.4 Å². The third kappa shape index (κ3) is 3.19. The number of hydrogen-bond acceptors (Lipinski definition) is 1. The van der Waals surface area contributed by atoms with Gasteiger partial charge in [-0.1, -0.05) is 0 Å². The maximum atomic E-state index is 12.8. The number of carbonyl (C=O) groups is 1. The zero-order chi connectivity index (χ0) is 9.14. The number of hydrogen-bond donors (Lipinski definition) is 0. The number of halogens is 3. The molecular formula is C8H5AgClF2O. The Balaban J connectivity index is 0.00000144. The van der Waals surface area contributed by atoms with E-state index in [0.717, 1.165) is 12.1 Å². The van der Waals surface area contributed by atoms with Crippen molar-refractivity contribution in [2.24, 2.45) is 0 Å². The van der Waals surface area contributed by atoms with Crippen LogP contribution in [0, 0.1) is 11.6 Å². The largest absolute Gasteiger partial charge is 0.293 e. The smallest absolute Gasteiger partial charge is 0.180 e. The van der Waals surface area contributed by atoms with Crippen molar-refractivity contribution in [1.29, 1.82) is 0 Å². The SMILES string of the molecule is O=C(CCl)c1ccc(F)cc1F.[Ag]. The molecule has 0 aliphatic carbocycles. The molecule has 0 unspecified atom stereocenters. The minimum absolute atomic E-state index is 0. The Hall–Kier alpha value is -0.220. The molecule has 0 aromatic heterocycles. The quantitative estimate of drug-likeness (QED) is 0.465. The van der Waals surface area contributed by atoms with Crippen LogP contribution < -0.4 is 0 Å². The van der Waals surface area contributed by atoms with Gasteiger partial charge in [0.25, 0.3) is 0 Å². The summed E-state index contributed by atoms with van der Waals surface area (Å²) < 4.78 is 25.1. The fourth-order valence-corrected chi connectivity index (χ4v) is 0.932. The molecule has 1 radical (unpaired) electrons. The summed E-state index contributed by atoms with van der Waals surface area (Å²) in [6.45, 7) is 0. The Bertz CT molecular complexity index is 317. The van der Waals surface area contributed by atoms with Crippen LogP contribution in [0.4, 0.5) is 8.78 Å². The van der Waals surface area contributed by atoms with E-state index >= 15 is 0 Å². The average Bonchev–Trinajstić information content (AvgIpc) is 2.03. The van der Waals surface area contributed by atoms with Crippen LogP contribution in [0.2, 0.25) is 0 Å². The molecule has 0 saturated carbocycles. The summed E-state index contributed by atoms with van der Waals surface area (Å²) >= 11 is 5.19. The van der Waals surface area contributed by atoms with Crippen LogP contribution in [0.3, 0.4) is 0 Å². The molecule has 1 rings (SSSR count). The molecule has 13 heavy (non-hydrogen) atoms. The van der Waals surface area contributed by atoms with Crippen molar-refractivity contribution >= 4 is 17.4 Å². The maximum absolute atomic E-state index is 12.8. The van der Waals surface area contributed by atoms with Gasteiger partial charge in [0.15, 0.2) is 5.78 Å². The summed E-state index contributed by atoms with van der Waals surface area (Å²) in [5.41, 5.74) is -0.175. The van der Waals surface area contributed by atoms with Gasteiger partial charge in [-0.05, 0) is 12.1 Å². The van der Waals surface area contributed by atoms with Crippen LogP contribution in [0.5, 0.6) is 0 Å². The second-order valence-corrected chi connectivity index (χ2v) is 2.45. The summed E-state index contributed by atoms with van der Waals surface area (Å²) in [4.78, 5) is 10.9. The van der Waals surface area contributed by atoms with Crippen molar-refractivity contribution in [3.8, 4) is 0 Å². The molecule has 0 spiro atoms. The first-order valence-electron chi connectivity index (χ1n) is 3.19. The molecule has 0 bridgehead atoms. The van der Waals surface area contributed by atoms with Crippen molar-refractivity contribution in [3.63, 3.8) is 0 Å². The van der Waals surface area contributed by atoms with E-state index in [9.17, 15) is 13.6 Å². The molecule has 0 saturated heterocycles. The predicted molar refractivity (Wildman–Crippen MR) is 41.4 cm³/mol. The van der Waals surface area contributed by atoms with Crippen LogP contribution in [0.1, 0.15) is 10.4 Å². The summed E-state index contributed by atoms with van der Waals surface area (Å²) in [6, 6.07) is 2.75. The molecule has 0 atom stereocenters. The number of alkyl halides is 1. The molecule has 0 aliphatic heterocycles. The molecule has 0 aliphatic rings. The van der Waals surface area contributed by atoms with E-state index in [4.69, 9.17) is 11.6 Å². The number of rotatable bonds is 2. The summed E-state index contributed by atoms with van der Waals surface area (Å²) in [5.74, 6) is -2.43. The molecule has 0 heterocycles. The van der Waals surface area contributed by atoms with Crippen LogP contribution in [0.15, 0.2) is 18.2 Å². The molecule has 0 N–H and O–H groups in total. The first-order valence-corrected chi connectivity index (χ1v) is 3.73. The molecular weight excluding hydrogens is 293 g/mol. The van der Waals surface area contributed by atoms with E-state index < -0.39 is 17.4 Å². The summed E-state index contributed by atoms with van der Waals surface area (Å²) in [7, 11) is 0. The van der Waals surface area contributed by atoms with Gasteiger partial charge in [0.2, 0.25) is 0 Å². The molecule has 5 heteroatoms. The van der Waals surface area contributed by atoms with Gasteiger partial charge in [0.1, 0.15) is 11.6 Å². The number of ketones is 1. The summed E-state index contributed by atoms with van der Waals surface area (Å²) in [5, 5.41) is 0. The Morgan fingerprint density at radius 1 is 1.38 bits per heavy atom. The first-order chi connectivity index (χ1) is 5.65.